The lowest BCUT2D eigenvalue weighted by atomic mass is 9.82. The first-order valence-electron chi connectivity index (χ1n) is 12.3. The number of hydrogen-bond acceptors (Lipinski definition) is 4. The zero-order valence-corrected chi connectivity index (χ0v) is 20.2. The predicted octanol–water partition coefficient (Wildman–Crippen LogP) is 6.16. The van der Waals surface area contributed by atoms with E-state index in [9.17, 15) is 9.59 Å². The van der Waals surface area contributed by atoms with Gasteiger partial charge in [0.25, 0.3) is 5.91 Å². The number of hydrogen-bond donors (Lipinski definition) is 3. The molecule has 2 aromatic heterocycles. The van der Waals surface area contributed by atoms with Gasteiger partial charge < -0.3 is 15.6 Å². The number of aromatic amines is 1. The Hall–Kier alpha value is -4.26. The minimum Gasteiger partial charge on any atom is -0.338 e. The van der Waals surface area contributed by atoms with Crippen LogP contribution in [0.3, 0.4) is 0 Å². The van der Waals surface area contributed by atoms with Gasteiger partial charge in [-0.3, -0.25) is 14.6 Å². The third kappa shape index (κ3) is 5.51. The lowest BCUT2D eigenvalue weighted by Crippen LogP contribution is -2.26. The number of pyridine rings is 1. The number of imidazole rings is 1. The van der Waals surface area contributed by atoms with Gasteiger partial charge in [-0.05, 0) is 85.7 Å². The second kappa shape index (κ2) is 10.6. The second-order valence-electron chi connectivity index (χ2n) is 9.44. The van der Waals surface area contributed by atoms with Crippen molar-refractivity contribution in [3.8, 4) is 22.6 Å². The minimum absolute atomic E-state index is 0.114. The molecule has 2 heterocycles. The summed E-state index contributed by atoms with van der Waals surface area (Å²) in [7, 11) is 0. The first-order chi connectivity index (χ1) is 17.5. The summed E-state index contributed by atoms with van der Waals surface area (Å²) >= 11 is 0. The highest BCUT2D eigenvalue weighted by molar-refractivity contribution is 6.04. The molecule has 1 saturated carbocycles. The maximum Gasteiger partial charge on any atom is 0.257 e. The molecule has 36 heavy (non-hydrogen) atoms. The van der Waals surface area contributed by atoms with Crippen LogP contribution in [0.15, 0.2) is 79.3 Å². The predicted molar refractivity (Wildman–Crippen MR) is 141 cm³/mol. The zero-order valence-electron chi connectivity index (χ0n) is 20.2. The van der Waals surface area contributed by atoms with Crippen LogP contribution in [0.1, 0.15) is 43.0 Å². The quantitative estimate of drug-likeness (QED) is 0.308. The van der Waals surface area contributed by atoms with Crippen molar-refractivity contribution in [1.29, 1.82) is 0 Å². The molecule has 7 heteroatoms. The normalized spacial score (nSPS) is 17.4. The highest BCUT2D eigenvalue weighted by Gasteiger charge is 2.24. The summed E-state index contributed by atoms with van der Waals surface area (Å²) in [6, 6.07) is 18.8. The Morgan fingerprint density at radius 1 is 0.833 bits per heavy atom. The van der Waals surface area contributed by atoms with E-state index in [2.05, 4.69) is 32.5 Å². The van der Waals surface area contributed by atoms with Crippen LogP contribution in [0.5, 0.6) is 0 Å². The Kier molecular flexibility index (Phi) is 6.89. The first-order valence-corrected chi connectivity index (χ1v) is 12.3. The summed E-state index contributed by atoms with van der Waals surface area (Å²) < 4.78 is 0. The maximum atomic E-state index is 12.6. The van der Waals surface area contributed by atoms with Gasteiger partial charge in [0.05, 0.1) is 17.5 Å². The van der Waals surface area contributed by atoms with Crippen LogP contribution in [-0.2, 0) is 4.79 Å². The number of amides is 2. The van der Waals surface area contributed by atoms with Crippen LogP contribution in [0.4, 0.5) is 11.4 Å². The van der Waals surface area contributed by atoms with Crippen LogP contribution in [0.2, 0.25) is 0 Å². The topological polar surface area (TPSA) is 99.8 Å². The molecular formula is C29H29N5O2. The molecule has 2 aromatic carbocycles. The van der Waals surface area contributed by atoms with Gasteiger partial charge in [0.1, 0.15) is 5.82 Å². The molecule has 0 unspecified atom stereocenters. The van der Waals surface area contributed by atoms with Crippen LogP contribution in [0, 0.1) is 11.8 Å². The molecule has 4 aromatic rings. The third-order valence-corrected chi connectivity index (χ3v) is 6.77. The molecule has 7 nitrogen and oxygen atoms in total. The van der Waals surface area contributed by atoms with E-state index in [4.69, 9.17) is 0 Å². The average molecular weight is 480 g/mol. The van der Waals surface area contributed by atoms with Crippen molar-refractivity contribution in [3.63, 3.8) is 0 Å². The maximum absolute atomic E-state index is 12.6. The van der Waals surface area contributed by atoms with Gasteiger partial charge in [0.15, 0.2) is 0 Å². The van der Waals surface area contributed by atoms with E-state index in [1.165, 1.54) is 6.20 Å². The van der Waals surface area contributed by atoms with Gasteiger partial charge in [-0.2, -0.15) is 0 Å². The van der Waals surface area contributed by atoms with Crippen LogP contribution < -0.4 is 10.6 Å². The van der Waals surface area contributed by atoms with E-state index < -0.39 is 0 Å². The number of nitrogens with one attached hydrogen (secondary N) is 3. The van der Waals surface area contributed by atoms with E-state index in [0.29, 0.717) is 11.3 Å². The van der Waals surface area contributed by atoms with E-state index in [-0.39, 0.29) is 17.7 Å². The van der Waals surface area contributed by atoms with E-state index in [1.54, 1.807) is 24.5 Å². The lowest BCUT2D eigenvalue weighted by Gasteiger charge is -2.25. The van der Waals surface area contributed by atoms with Gasteiger partial charge >= 0.3 is 0 Å². The van der Waals surface area contributed by atoms with Gasteiger partial charge in [-0.1, -0.05) is 19.1 Å². The zero-order chi connectivity index (χ0) is 24.9. The fraction of sp³-hybridized carbons (Fsp3) is 0.241. The Bertz CT molecular complexity index is 1320. The number of anilines is 2. The minimum atomic E-state index is -0.201. The fourth-order valence-corrected chi connectivity index (χ4v) is 4.53. The molecule has 0 bridgehead atoms. The van der Waals surface area contributed by atoms with Gasteiger partial charge in [-0.25, -0.2) is 4.98 Å². The van der Waals surface area contributed by atoms with E-state index in [0.717, 1.165) is 59.9 Å². The molecule has 0 saturated heterocycles. The number of benzene rings is 2. The Balaban J connectivity index is 1.20. The molecule has 2 amide bonds. The monoisotopic (exact) mass is 479 g/mol. The number of carbonyl (C=O) groups is 2. The van der Waals surface area contributed by atoms with Crippen LogP contribution in [-0.4, -0.2) is 26.8 Å². The van der Waals surface area contributed by atoms with Crippen molar-refractivity contribution in [2.75, 3.05) is 10.6 Å². The number of nitrogens with zero attached hydrogens (tertiary/aromatic N) is 2. The molecule has 0 spiro atoms. The highest BCUT2D eigenvalue weighted by Crippen LogP contribution is 2.30. The Morgan fingerprint density at radius 3 is 2.17 bits per heavy atom. The molecule has 0 aliphatic heterocycles. The van der Waals surface area contributed by atoms with E-state index in [1.807, 2.05) is 48.5 Å². The van der Waals surface area contributed by atoms with Gasteiger partial charge in [-0.15, -0.1) is 0 Å². The summed E-state index contributed by atoms with van der Waals surface area (Å²) in [6.45, 7) is 2.26. The Labute approximate surface area is 210 Å². The van der Waals surface area contributed by atoms with Crippen molar-refractivity contribution >= 4 is 23.2 Å². The molecule has 5 rings (SSSR count). The summed E-state index contributed by atoms with van der Waals surface area (Å²) in [6.07, 6.45) is 9.15. The summed E-state index contributed by atoms with van der Waals surface area (Å²) in [4.78, 5) is 36.8. The molecule has 3 N–H and O–H groups in total. The number of rotatable bonds is 6. The standard InChI is InChI=1S/C29H29N5O2/c1-19-4-6-22(7-5-19)28(35)32-25-14-10-21(11-15-25)27-31-18-26(34-27)20-8-12-24(13-9-20)33-29(36)23-3-2-16-30-17-23/h2-3,8-19,22H,4-7H2,1H3,(H,31,34)(H,32,35)(H,33,36). The molecule has 1 fully saturated rings. The van der Waals surface area contributed by atoms with Crippen molar-refractivity contribution in [3.05, 3.63) is 84.8 Å². The molecule has 1 aliphatic rings. The molecule has 1 aliphatic carbocycles. The molecule has 0 atom stereocenters. The number of aromatic nitrogens is 3. The van der Waals surface area contributed by atoms with Gasteiger partial charge in [0.2, 0.25) is 5.91 Å². The Morgan fingerprint density at radius 2 is 1.50 bits per heavy atom. The largest absolute Gasteiger partial charge is 0.338 e. The van der Waals surface area contributed by atoms with Crippen molar-refractivity contribution in [2.45, 2.75) is 32.6 Å². The summed E-state index contributed by atoms with van der Waals surface area (Å²) in [5, 5.41) is 5.94. The average Bonchev–Trinajstić information content (AvgIpc) is 3.41. The third-order valence-electron chi connectivity index (χ3n) is 6.77. The van der Waals surface area contributed by atoms with Crippen LogP contribution in [0.25, 0.3) is 22.6 Å². The van der Waals surface area contributed by atoms with Gasteiger partial charge in [0, 0.05) is 35.2 Å². The smallest absolute Gasteiger partial charge is 0.257 e. The van der Waals surface area contributed by atoms with Crippen LogP contribution >= 0.6 is 0 Å². The summed E-state index contributed by atoms with van der Waals surface area (Å²) in [5.41, 5.74) is 4.78. The fourth-order valence-electron chi connectivity index (χ4n) is 4.53. The molecular weight excluding hydrogens is 450 g/mol. The van der Waals surface area contributed by atoms with E-state index >= 15 is 0 Å². The van der Waals surface area contributed by atoms with Crippen molar-refractivity contribution < 1.29 is 9.59 Å². The summed E-state index contributed by atoms with van der Waals surface area (Å²) in [5.74, 6) is 1.51. The van der Waals surface area contributed by atoms with Crippen molar-refractivity contribution in [1.82, 2.24) is 15.0 Å². The number of H-pyrrole nitrogens is 1. The first kappa shape index (κ1) is 23.5. The number of carbonyl (C=O) groups excluding carboxylic acids is 2. The molecule has 182 valence electrons. The second-order valence-corrected chi connectivity index (χ2v) is 9.44. The lowest BCUT2D eigenvalue weighted by molar-refractivity contribution is -0.121. The van der Waals surface area contributed by atoms with Crippen molar-refractivity contribution in [2.24, 2.45) is 11.8 Å². The highest BCUT2D eigenvalue weighted by atomic mass is 16.2. The molecule has 0 radical (unpaired) electrons. The SMILES string of the molecule is CC1CCC(C(=O)Nc2ccc(-c3ncc(-c4ccc(NC(=O)c5cccnc5)cc4)[nH]3)cc2)CC1.